The van der Waals surface area contributed by atoms with E-state index in [4.69, 9.17) is 23.2 Å². The standard InChI is InChI=1S/C5H7Cl2N5/c1-12(2)11-5-9-3(6)8-4(7)10-5/h1-2H3,(H,8,9,10,11). The summed E-state index contributed by atoms with van der Waals surface area (Å²) in [6.45, 7) is 0. The Balaban J connectivity index is 2.85. The predicted molar refractivity (Wildman–Crippen MR) is 47.2 cm³/mol. The highest BCUT2D eigenvalue weighted by Crippen LogP contribution is 2.09. The molecule has 1 aromatic rings. The summed E-state index contributed by atoms with van der Waals surface area (Å²) in [5.41, 5.74) is 2.79. The maximum Gasteiger partial charge on any atom is 0.243 e. The van der Waals surface area contributed by atoms with Gasteiger partial charge in [-0.05, 0) is 23.2 Å². The average molecular weight is 208 g/mol. The van der Waals surface area contributed by atoms with Gasteiger partial charge < -0.3 is 0 Å². The number of hydrogen-bond acceptors (Lipinski definition) is 5. The van der Waals surface area contributed by atoms with Crippen molar-refractivity contribution in [3.63, 3.8) is 0 Å². The third-order valence-corrected chi connectivity index (χ3v) is 1.24. The normalized spacial score (nSPS) is 10.4. The van der Waals surface area contributed by atoms with E-state index in [9.17, 15) is 0 Å². The van der Waals surface area contributed by atoms with Crippen LogP contribution in [-0.2, 0) is 0 Å². The molecule has 5 nitrogen and oxygen atoms in total. The summed E-state index contributed by atoms with van der Waals surface area (Å²) in [5, 5.41) is 1.81. The van der Waals surface area contributed by atoms with Crippen LogP contribution >= 0.6 is 23.2 Å². The lowest BCUT2D eigenvalue weighted by molar-refractivity contribution is 0.488. The summed E-state index contributed by atoms with van der Waals surface area (Å²) >= 11 is 11.1. The fourth-order valence-corrected chi connectivity index (χ4v) is 0.939. The molecule has 0 radical (unpaired) electrons. The Morgan fingerprint density at radius 3 is 2.00 bits per heavy atom. The van der Waals surface area contributed by atoms with Crippen molar-refractivity contribution in [2.24, 2.45) is 0 Å². The van der Waals surface area contributed by atoms with E-state index in [-0.39, 0.29) is 10.6 Å². The molecule has 0 aliphatic rings. The molecule has 66 valence electrons. The Morgan fingerprint density at radius 2 is 1.58 bits per heavy atom. The first kappa shape index (κ1) is 9.44. The van der Waals surface area contributed by atoms with Gasteiger partial charge in [0, 0.05) is 14.1 Å². The zero-order valence-electron chi connectivity index (χ0n) is 6.54. The number of rotatable bonds is 2. The van der Waals surface area contributed by atoms with Crippen LogP contribution < -0.4 is 5.43 Å². The van der Waals surface area contributed by atoms with Gasteiger partial charge in [0.2, 0.25) is 16.5 Å². The lowest BCUT2D eigenvalue weighted by Gasteiger charge is -2.10. The summed E-state index contributed by atoms with van der Waals surface area (Å²) in [7, 11) is 3.59. The summed E-state index contributed by atoms with van der Waals surface area (Å²) in [6.07, 6.45) is 0. The van der Waals surface area contributed by atoms with Gasteiger partial charge in [-0.25, -0.2) is 5.01 Å². The molecule has 0 spiro atoms. The Morgan fingerprint density at radius 1 is 1.08 bits per heavy atom. The van der Waals surface area contributed by atoms with E-state index in [1.165, 1.54) is 0 Å². The first-order valence-electron chi connectivity index (χ1n) is 3.09. The van der Waals surface area contributed by atoms with Crippen LogP contribution in [0.2, 0.25) is 10.6 Å². The quantitative estimate of drug-likeness (QED) is 0.736. The van der Waals surface area contributed by atoms with Crippen LogP contribution in [0.4, 0.5) is 5.95 Å². The summed E-state index contributed by atoms with van der Waals surface area (Å²) in [4.78, 5) is 11.2. The fraction of sp³-hybridized carbons (Fsp3) is 0.400. The van der Waals surface area contributed by atoms with Gasteiger partial charge in [0.1, 0.15) is 0 Å². The van der Waals surface area contributed by atoms with Crippen LogP contribution in [0.15, 0.2) is 0 Å². The molecule has 1 heterocycles. The molecule has 0 aromatic carbocycles. The van der Waals surface area contributed by atoms with Gasteiger partial charge in [0.15, 0.2) is 0 Å². The maximum absolute atomic E-state index is 5.53. The molecule has 12 heavy (non-hydrogen) atoms. The van der Waals surface area contributed by atoms with Crippen LogP contribution in [0.1, 0.15) is 0 Å². The number of anilines is 1. The summed E-state index contributed by atoms with van der Waals surface area (Å²) < 4.78 is 0. The van der Waals surface area contributed by atoms with E-state index in [1.54, 1.807) is 19.1 Å². The van der Waals surface area contributed by atoms with E-state index >= 15 is 0 Å². The molecular formula is C5H7Cl2N5. The molecule has 0 aliphatic heterocycles. The summed E-state index contributed by atoms with van der Waals surface area (Å²) in [6, 6.07) is 0. The molecule has 1 aromatic heterocycles. The van der Waals surface area contributed by atoms with Crippen LogP contribution in [-0.4, -0.2) is 34.1 Å². The van der Waals surface area contributed by atoms with E-state index < -0.39 is 0 Å². The molecule has 0 fully saturated rings. The van der Waals surface area contributed by atoms with E-state index in [2.05, 4.69) is 20.4 Å². The highest BCUT2D eigenvalue weighted by Gasteiger charge is 2.02. The second-order valence-electron chi connectivity index (χ2n) is 2.20. The van der Waals surface area contributed by atoms with E-state index in [0.717, 1.165) is 0 Å². The second kappa shape index (κ2) is 3.84. The lowest BCUT2D eigenvalue weighted by atomic mass is 10.9. The van der Waals surface area contributed by atoms with Crippen molar-refractivity contribution < 1.29 is 0 Å². The van der Waals surface area contributed by atoms with Gasteiger partial charge in [-0.2, -0.15) is 15.0 Å². The van der Waals surface area contributed by atoms with Crippen LogP contribution in [0, 0.1) is 0 Å². The zero-order chi connectivity index (χ0) is 9.14. The maximum atomic E-state index is 5.53. The highest BCUT2D eigenvalue weighted by molar-refractivity contribution is 6.31. The van der Waals surface area contributed by atoms with E-state index in [0.29, 0.717) is 5.95 Å². The van der Waals surface area contributed by atoms with Crippen LogP contribution in [0.25, 0.3) is 0 Å². The van der Waals surface area contributed by atoms with Crippen molar-refractivity contribution in [1.29, 1.82) is 0 Å². The third kappa shape index (κ3) is 2.77. The van der Waals surface area contributed by atoms with Crippen LogP contribution in [0.3, 0.4) is 0 Å². The Labute approximate surface area is 79.7 Å². The monoisotopic (exact) mass is 207 g/mol. The lowest BCUT2D eigenvalue weighted by Crippen LogP contribution is -2.21. The van der Waals surface area contributed by atoms with Crippen molar-refractivity contribution in [3.8, 4) is 0 Å². The van der Waals surface area contributed by atoms with Crippen LogP contribution in [0.5, 0.6) is 0 Å². The van der Waals surface area contributed by atoms with Crippen molar-refractivity contribution in [2.75, 3.05) is 19.5 Å². The van der Waals surface area contributed by atoms with Gasteiger partial charge in [0.05, 0.1) is 0 Å². The average Bonchev–Trinajstić information content (AvgIpc) is 1.81. The van der Waals surface area contributed by atoms with Crippen molar-refractivity contribution in [2.45, 2.75) is 0 Å². The predicted octanol–water partition coefficient (Wildman–Crippen LogP) is 1.07. The largest absolute Gasteiger partial charge is 0.287 e. The molecule has 0 bridgehead atoms. The smallest absolute Gasteiger partial charge is 0.243 e. The molecule has 7 heteroatoms. The minimum atomic E-state index is 0.0688. The van der Waals surface area contributed by atoms with Gasteiger partial charge in [0.25, 0.3) is 0 Å². The first-order valence-corrected chi connectivity index (χ1v) is 3.84. The molecular weight excluding hydrogens is 201 g/mol. The number of nitrogens with one attached hydrogen (secondary N) is 1. The topological polar surface area (TPSA) is 53.9 Å². The SMILES string of the molecule is CN(C)Nc1nc(Cl)nc(Cl)n1. The zero-order valence-corrected chi connectivity index (χ0v) is 8.06. The Hall–Kier alpha value is -0.650. The molecule has 0 amide bonds. The van der Waals surface area contributed by atoms with Crippen molar-refractivity contribution in [1.82, 2.24) is 20.0 Å². The van der Waals surface area contributed by atoms with Gasteiger partial charge in [-0.1, -0.05) is 0 Å². The third-order valence-electron chi connectivity index (χ3n) is 0.904. The van der Waals surface area contributed by atoms with Gasteiger partial charge in [-0.3, -0.25) is 5.43 Å². The number of halogens is 2. The first-order chi connectivity index (χ1) is 5.58. The van der Waals surface area contributed by atoms with Crippen molar-refractivity contribution >= 4 is 29.2 Å². The second-order valence-corrected chi connectivity index (χ2v) is 2.88. The minimum absolute atomic E-state index is 0.0688. The molecule has 0 unspecified atom stereocenters. The Kier molecular flexibility index (Phi) is 3.02. The van der Waals surface area contributed by atoms with Gasteiger partial charge in [-0.15, -0.1) is 0 Å². The molecule has 1 N–H and O–H groups in total. The molecule has 0 saturated heterocycles. The summed E-state index contributed by atoms with van der Waals surface area (Å²) in [5.74, 6) is 0.324. The molecule has 0 atom stereocenters. The number of hydrogen-bond donors (Lipinski definition) is 1. The molecule has 1 rings (SSSR count). The Bertz CT molecular complexity index is 256. The number of nitrogens with zero attached hydrogens (tertiary/aromatic N) is 4. The number of hydrazine groups is 1. The van der Waals surface area contributed by atoms with Gasteiger partial charge >= 0.3 is 0 Å². The number of aromatic nitrogens is 3. The fourth-order valence-electron chi connectivity index (χ4n) is 0.576. The van der Waals surface area contributed by atoms with Crippen molar-refractivity contribution in [3.05, 3.63) is 10.6 Å². The minimum Gasteiger partial charge on any atom is -0.287 e. The highest BCUT2D eigenvalue weighted by atomic mass is 35.5. The van der Waals surface area contributed by atoms with E-state index in [1.807, 2.05) is 0 Å². The molecule has 0 aliphatic carbocycles. The molecule has 0 saturated carbocycles.